The summed E-state index contributed by atoms with van der Waals surface area (Å²) in [5.41, 5.74) is -0.334. The highest BCUT2D eigenvalue weighted by atomic mass is 19.4. The second-order valence-electron chi connectivity index (χ2n) is 4.49. The van der Waals surface area contributed by atoms with Gasteiger partial charge in [-0.25, -0.2) is 0 Å². The SMILES string of the molecule is O=C1[C@H](Oc2ccccc2[N+](=O)[O-])CCN1CC(F)(F)F. The summed E-state index contributed by atoms with van der Waals surface area (Å²) >= 11 is 0. The third kappa shape index (κ3) is 3.61. The summed E-state index contributed by atoms with van der Waals surface area (Å²) in [5, 5.41) is 10.8. The maximum atomic E-state index is 12.3. The van der Waals surface area contributed by atoms with E-state index in [1.807, 2.05) is 0 Å². The molecule has 1 atom stereocenters. The summed E-state index contributed by atoms with van der Waals surface area (Å²) in [6.07, 6.45) is -5.56. The van der Waals surface area contributed by atoms with Gasteiger partial charge in [-0.15, -0.1) is 0 Å². The second-order valence-corrected chi connectivity index (χ2v) is 4.49. The average Bonchev–Trinajstić information content (AvgIpc) is 2.70. The van der Waals surface area contributed by atoms with E-state index in [1.54, 1.807) is 0 Å². The molecule has 0 saturated carbocycles. The lowest BCUT2D eigenvalue weighted by atomic mass is 10.2. The molecule has 0 N–H and O–H groups in total. The van der Waals surface area contributed by atoms with Crippen molar-refractivity contribution < 1.29 is 27.6 Å². The molecule has 0 spiro atoms. The zero-order valence-electron chi connectivity index (χ0n) is 10.7. The van der Waals surface area contributed by atoms with Crippen molar-refractivity contribution in [3.05, 3.63) is 34.4 Å². The Balaban J connectivity index is 2.09. The van der Waals surface area contributed by atoms with Crippen molar-refractivity contribution in [3.8, 4) is 5.75 Å². The molecule has 21 heavy (non-hydrogen) atoms. The highest BCUT2D eigenvalue weighted by Crippen LogP contribution is 2.29. The van der Waals surface area contributed by atoms with Gasteiger partial charge >= 0.3 is 11.9 Å². The van der Waals surface area contributed by atoms with Crippen LogP contribution >= 0.6 is 0 Å². The fourth-order valence-corrected chi connectivity index (χ4v) is 2.05. The van der Waals surface area contributed by atoms with Gasteiger partial charge in [0.2, 0.25) is 0 Å². The van der Waals surface area contributed by atoms with E-state index in [2.05, 4.69) is 0 Å². The molecule has 1 aromatic rings. The molecule has 1 fully saturated rings. The van der Waals surface area contributed by atoms with Crippen molar-refractivity contribution >= 4 is 11.6 Å². The van der Waals surface area contributed by atoms with Crippen LogP contribution in [0.3, 0.4) is 0 Å². The smallest absolute Gasteiger partial charge is 0.406 e. The highest BCUT2D eigenvalue weighted by Gasteiger charge is 2.40. The molecular formula is C12H11F3N2O4. The number of nitro groups is 1. The molecule has 1 aliphatic rings. The Kier molecular flexibility index (Phi) is 4.01. The molecule has 1 heterocycles. The lowest BCUT2D eigenvalue weighted by Crippen LogP contribution is -2.38. The van der Waals surface area contributed by atoms with Crippen molar-refractivity contribution in [2.24, 2.45) is 0 Å². The maximum absolute atomic E-state index is 12.3. The molecule has 0 unspecified atom stereocenters. The number of nitro benzene ring substituents is 1. The Bertz CT molecular complexity index is 562. The Morgan fingerprint density at radius 1 is 1.38 bits per heavy atom. The van der Waals surface area contributed by atoms with Crippen LogP contribution in [0, 0.1) is 10.1 Å². The van der Waals surface area contributed by atoms with Crippen LogP contribution in [0.15, 0.2) is 24.3 Å². The monoisotopic (exact) mass is 304 g/mol. The van der Waals surface area contributed by atoms with Crippen LogP contribution < -0.4 is 4.74 Å². The van der Waals surface area contributed by atoms with Crippen LogP contribution in [0.2, 0.25) is 0 Å². The fourth-order valence-electron chi connectivity index (χ4n) is 2.05. The van der Waals surface area contributed by atoms with Crippen LogP contribution in [0.5, 0.6) is 5.75 Å². The molecule has 1 amide bonds. The maximum Gasteiger partial charge on any atom is 0.406 e. The van der Waals surface area contributed by atoms with Gasteiger partial charge in [-0.05, 0) is 6.07 Å². The first-order valence-electron chi connectivity index (χ1n) is 6.03. The number of halogens is 3. The molecule has 0 radical (unpaired) electrons. The van der Waals surface area contributed by atoms with Gasteiger partial charge < -0.3 is 9.64 Å². The van der Waals surface area contributed by atoms with Crippen LogP contribution in [-0.4, -0.2) is 41.1 Å². The number of ether oxygens (including phenoxy) is 1. The molecule has 114 valence electrons. The van der Waals surface area contributed by atoms with Crippen molar-refractivity contribution in [2.75, 3.05) is 13.1 Å². The van der Waals surface area contributed by atoms with E-state index >= 15 is 0 Å². The van der Waals surface area contributed by atoms with Crippen LogP contribution in [0.25, 0.3) is 0 Å². The van der Waals surface area contributed by atoms with E-state index in [1.165, 1.54) is 24.3 Å². The standard InChI is InChI=1S/C12H11F3N2O4/c13-12(14,15)7-16-6-5-10(11(16)18)21-9-4-2-1-3-8(9)17(19)20/h1-4,10H,5-7H2/t10-/m1/s1. The van der Waals surface area contributed by atoms with Gasteiger partial charge in [0.15, 0.2) is 11.9 Å². The van der Waals surface area contributed by atoms with Gasteiger partial charge in [0.25, 0.3) is 5.91 Å². The highest BCUT2D eigenvalue weighted by molar-refractivity contribution is 5.83. The molecule has 6 nitrogen and oxygen atoms in total. The number of carbonyl (C=O) groups is 1. The van der Waals surface area contributed by atoms with Crippen molar-refractivity contribution in [1.29, 1.82) is 0 Å². The normalized spacial score (nSPS) is 18.9. The predicted octanol–water partition coefficient (Wildman–Crippen LogP) is 2.14. The molecule has 1 saturated heterocycles. The van der Waals surface area contributed by atoms with Gasteiger partial charge in [0.05, 0.1) is 4.92 Å². The van der Waals surface area contributed by atoms with Crippen molar-refractivity contribution in [3.63, 3.8) is 0 Å². The molecule has 0 aromatic heterocycles. The van der Waals surface area contributed by atoms with E-state index in [0.717, 1.165) is 0 Å². The van der Waals surface area contributed by atoms with E-state index < -0.39 is 29.7 Å². The van der Waals surface area contributed by atoms with Crippen molar-refractivity contribution in [2.45, 2.75) is 18.7 Å². The average molecular weight is 304 g/mol. The lowest BCUT2D eigenvalue weighted by molar-refractivity contribution is -0.386. The zero-order chi connectivity index (χ0) is 15.6. The number of amides is 1. The molecule has 1 aliphatic heterocycles. The van der Waals surface area contributed by atoms with Gasteiger partial charge in [-0.3, -0.25) is 14.9 Å². The summed E-state index contributed by atoms with van der Waals surface area (Å²) in [6.45, 7) is -1.44. The van der Waals surface area contributed by atoms with E-state index in [-0.39, 0.29) is 24.4 Å². The third-order valence-corrected chi connectivity index (χ3v) is 2.95. The number of hydrogen-bond donors (Lipinski definition) is 0. The van der Waals surface area contributed by atoms with Gasteiger partial charge in [-0.2, -0.15) is 13.2 Å². The Labute approximate surface area is 117 Å². The van der Waals surface area contributed by atoms with Crippen molar-refractivity contribution in [1.82, 2.24) is 4.90 Å². The summed E-state index contributed by atoms with van der Waals surface area (Å²) < 4.78 is 42.1. The number of alkyl halides is 3. The number of nitrogens with zero attached hydrogens (tertiary/aromatic N) is 2. The molecule has 0 bridgehead atoms. The molecule has 9 heteroatoms. The number of para-hydroxylation sites is 2. The van der Waals surface area contributed by atoms with Gasteiger partial charge in [0.1, 0.15) is 6.54 Å². The minimum absolute atomic E-state index is 0.0565. The second kappa shape index (κ2) is 5.58. The first-order chi connectivity index (χ1) is 9.78. The largest absolute Gasteiger partial charge is 0.473 e. The van der Waals surface area contributed by atoms with Crippen LogP contribution in [0.4, 0.5) is 18.9 Å². The predicted molar refractivity (Wildman–Crippen MR) is 64.8 cm³/mol. The summed E-state index contributed by atoms with van der Waals surface area (Å²) in [6, 6.07) is 5.41. The Morgan fingerprint density at radius 3 is 2.67 bits per heavy atom. The fraction of sp³-hybridized carbons (Fsp3) is 0.417. The van der Waals surface area contributed by atoms with E-state index in [9.17, 15) is 28.1 Å². The van der Waals surface area contributed by atoms with Gasteiger partial charge in [0, 0.05) is 19.0 Å². The number of rotatable bonds is 4. The summed E-state index contributed by atoms with van der Waals surface area (Å²) in [5.74, 6) is -0.944. The minimum Gasteiger partial charge on any atom is -0.473 e. The lowest BCUT2D eigenvalue weighted by Gasteiger charge is -2.18. The first kappa shape index (κ1) is 15.1. The van der Waals surface area contributed by atoms with E-state index in [4.69, 9.17) is 4.74 Å². The van der Waals surface area contributed by atoms with E-state index in [0.29, 0.717) is 4.90 Å². The minimum atomic E-state index is -4.48. The number of hydrogen-bond acceptors (Lipinski definition) is 4. The zero-order valence-corrected chi connectivity index (χ0v) is 10.7. The molecule has 1 aromatic carbocycles. The number of likely N-dealkylation sites (tertiary alicyclic amines) is 1. The molecule has 0 aliphatic carbocycles. The third-order valence-electron chi connectivity index (χ3n) is 2.95. The topological polar surface area (TPSA) is 72.7 Å². The molecule has 2 rings (SSSR count). The quantitative estimate of drug-likeness (QED) is 0.631. The summed E-state index contributed by atoms with van der Waals surface area (Å²) in [7, 11) is 0. The van der Waals surface area contributed by atoms with Crippen LogP contribution in [-0.2, 0) is 4.79 Å². The van der Waals surface area contributed by atoms with Gasteiger partial charge in [-0.1, -0.05) is 12.1 Å². The first-order valence-corrected chi connectivity index (χ1v) is 6.03. The number of benzene rings is 1. The summed E-state index contributed by atoms with van der Waals surface area (Å²) in [4.78, 5) is 22.6. The van der Waals surface area contributed by atoms with Crippen LogP contribution in [0.1, 0.15) is 6.42 Å². The Hall–Kier alpha value is -2.32. The molecular weight excluding hydrogens is 293 g/mol. The number of carbonyl (C=O) groups excluding carboxylic acids is 1. The Morgan fingerprint density at radius 2 is 2.05 bits per heavy atom.